The molecule has 23 heavy (non-hydrogen) atoms. The first-order valence-corrected chi connectivity index (χ1v) is 7.53. The number of hydrogen-bond donors (Lipinski definition) is 1. The molecule has 0 saturated carbocycles. The Kier molecular flexibility index (Phi) is 4.39. The third-order valence-corrected chi connectivity index (χ3v) is 3.60. The SMILES string of the molecule is Cc1nn(-c2ccccc2)nc1C(=O)NCc1ccc(Cl)cc1. The van der Waals surface area contributed by atoms with Gasteiger partial charge in [0.25, 0.3) is 5.91 Å². The van der Waals surface area contributed by atoms with E-state index in [-0.39, 0.29) is 5.91 Å². The number of amides is 1. The van der Waals surface area contributed by atoms with Crippen LogP contribution < -0.4 is 5.32 Å². The standard InChI is InChI=1S/C17H15ClN4O/c1-12-16(21-22(20-12)15-5-3-2-4-6-15)17(23)19-11-13-7-9-14(18)10-8-13/h2-10H,11H2,1H3,(H,19,23). The summed E-state index contributed by atoms with van der Waals surface area (Å²) in [5.74, 6) is -0.250. The van der Waals surface area contributed by atoms with Gasteiger partial charge in [0.2, 0.25) is 0 Å². The van der Waals surface area contributed by atoms with Crippen LogP contribution in [-0.4, -0.2) is 20.9 Å². The second-order valence-corrected chi connectivity index (χ2v) is 5.50. The zero-order chi connectivity index (χ0) is 16.2. The Morgan fingerprint density at radius 3 is 2.48 bits per heavy atom. The molecule has 0 saturated heterocycles. The van der Waals surface area contributed by atoms with E-state index in [0.717, 1.165) is 11.3 Å². The van der Waals surface area contributed by atoms with Crippen LogP contribution in [-0.2, 0) is 6.54 Å². The van der Waals surface area contributed by atoms with E-state index in [1.54, 1.807) is 19.1 Å². The zero-order valence-corrected chi connectivity index (χ0v) is 13.3. The summed E-state index contributed by atoms with van der Waals surface area (Å²) in [5.41, 5.74) is 2.69. The molecule has 6 heteroatoms. The Hall–Kier alpha value is -2.66. The third-order valence-electron chi connectivity index (χ3n) is 3.35. The normalized spacial score (nSPS) is 10.5. The molecule has 3 aromatic rings. The highest BCUT2D eigenvalue weighted by Crippen LogP contribution is 2.10. The lowest BCUT2D eigenvalue weighted by molar-refractivity contribution is 0.0945. The average Bonchev–Trinajstić information content (AvgIpc) is 2.97. The molecule has 1 heterocycles. The predicted octanol–water partition coefficient (Wildman–Crippen LogP) is 3.16. The van der Waals surface area contributed by atoms with Gasteiger partial charge in [-0.25, -0.2) is 0 Å². The molecule has 0 aliphatic rings. The van der Waals surface area contributed by atoms with E-state index in [0.29, 0.717) is 23.0 Å². The molecule has 0 radical (unpaired) electrons. The van der Waals surface area contributed by atoms with Gasteiger partial charge in [-0.05, 0) is 36.8 Å². The minimum Gasteiger partial charge on any atom is -0.347 e. The number of nitrogens with one attached hydrogen (secondary N) is 1. The topological polar surface area (TPSA) is 59.8 Å². The van der Waals surface area contributed by atoms with Crippen molar-refractivity contribution in [1.29, 1.82) is 0 Å². The van der Waals surface area contributed by atoms with Crippen molar-refractivity contribution < 1.29 is 4.79 Å². The number of aryl methyl sites for hydroxylation is 1. The number of hydrogen-bond acceptors (Lipinski definition) is 3. The maximum Gasteiger partial charge on any atom is 0.274 e. The van der Waals surface area contributed by atoms with Crippen LogP contribution in [0.3, 0.4) is 0 Å². The molecule has 0 bridgehead atoms. The molecule has 0 aliphatic carbocycles. The number of nitrogens with zero attached hydrogens (tertiary/aromatic N) is 3. The Morgan fingerprint density at radius 2 is 1.78 bits per heavy atom. The van der Waals surface area contributed by atoms with Crippen molar-refractivity contribution in [3.63, 3.8) is 0 Å². The second kappa shape index (κ2) is 6.62. The highest BCUT2D eigenvalue weighted by atomic mass is 35.5. The lowest BCUT2D eigenvalue weighted by atomic mass is 10.2. The van der Waals surface area contributed by atoms with Gasteiger partial charge in [0.1, 0.15) is 0 Å². The van der Waals surface area contributed by atoms with Crippen LogP contribution in [0.2, 0.25) is 5.02 Å². The lowest BCUT2D eigenvalue weighted by Crippen LogP contribution is -2.24. The van der Waals surface area contributed by atoms with Crippen LogP contribution in [0.5, 0.6) is 0 Å². The zero-order valence-electron chi connectivity index (χ0n) is 12.5. The van der Waals surface area contributed by atoms with Gasteiger partial charge in [-0.15, -0.1) is 5.10 Å². The van der Waals surface area contributed by atoms with E-state index in [1.807, 2.05) is 42.5 Å². The summed E-state index contributed by atoms with van der Waals surface area (Å²) in [6, 6.07) is 16.8. The molecular formula is C17H15ClN4O. The minimum atomic E-state index is -0.250. The maximum absolute atomic E-state index is 12.3. The summed E-state index contributed by atoms with van der Waals surface area (Å²) < 4.78 is 0. The van der Waals surface area contributed by atoms with Gasteiger partial charge in [0, 0.05) is 11.6 Å². The van der Waals surface area contributed by atoms with E-state index < -0.39 is 0 Å². The average molecular weight is 327 g/mol. The molecule has 2 aromatic carbocycles. The van der Waals surface area contributed by atoms with Crippen molar-refractivity contribution in [2.45, 2.75) is 13.5 Å². The molecule has 0 aliphatic heterocycles. The first-order chi connectivity index (χ1) is 11.1. The van der Waals surface area contributed by atoms with E-state index in [1.165, 1.54) is 4.80 Å². The first-order valence-electron chi connectivity index (χ1n) is 7.15. The van der Waals surface area contributed by atoms with Crippen molar-refractivity contribution >= 4 is 17.5 Å². The van der Waals surface area contributed by atoms with Crippen LogP contribution >= 0.6 is 11.6 Å². The van der Waals surface area contributed by atoms with Crippen molar-refractivity contribution in [3.8, 4) is 5.69 Å². The first kappa shape index (κ1) is 15.2. The van der Waals surface area contributed by atoms with Gasteiger partial charge in [-0.1, -0.05) is 41.9 Å². The lowest BCUT2D eigenvalue weighted by Gasteiger charge is -2.03. The van der Waals surface area contributed by atoms with Gasteiger partial charge in [-0.3, -0.25) is 4.79 Å². The number of aromatic nitrogens is 3. The molecule has 116 valence electrons. The molecular weight excluding hydrogens is 312 g/mol. The Bertz CT molecular complexity index is 812. The van der Waals surface area contributed by atoms with Gasteiger partial charge in [-0.2, -0.15) is 9.90 Å². The van der Waals surface area contributed by atoms with Gasteiger partial charge >= 0.3 is 0 Å². The number of carbonyl (C=O) groups is 1. The highest BCUT2D eigenvalue weighted by molar-refractivity contribution is 6.30. The van der Waals surface area contributed by atoms with E-state index >= 15 is 0 Å². The summed E-state index contributed by atoms with van der Waals surface area (Å²) in [7, 11) is 0. The fourth-order valence-electron chi connectivity index (χ4n) is 2.13. The molecule has 1 N–H and O–H groups in total. The van der Waals surface area contributed by atoms with E-state index in [2.05, 4.69) is 15.5 Å². The molecule has 0 fully saturated rings. The quantitative estimate of drug-likeness (QED) is 0.801. The number of benzene rings is 2. The number of halogens is 1. The summed E-state index contributed by atoms with van der Waals surface area (Å²) >= 11 is 5.84. The highest BCUT2D eigenvalue weighted by Gasteiger charge is 2.15. The van der Waals surface area contributed by atoms with Gasteiger partial charge < -0.3 is 5.32 Å². The molecule has 0 atom stereocenters. The number of para-hydroxylation sites is 1. The van der Waals surface area contributed by atoms with Crippen LogP contribution in [0.4, 0.5) is 0 Å². The fourth-order valence-corrected chi connectivity index (χ4v) is 2.26. The summed E-state index contributed by atoms with van der Waals surface area (Å²) in [6.07, 6.45) is 0. The number of rotatable bonds is 4. The molecule has 1 aromatic heterocycles. The van der Waals surface area contributed by atoms with Gasteiger partial charge in [0.05, 0.1) is 11.4 Å². The monoisotopic (exact) mass is 326 g/mol. The van der Waals surface area contributed by atoms with Crippen LogP contribution in [0, 0.1) is 6.92 Å². The summed E-state index contributed by atoms with van der Waals surface area (Å²) in [5, 5.41) is 12.1. The van der Waals surface area contributed by atoms with E-state index in [4.69, 9.17) is 11.6 Å². The van der Waals surface area contributed by atoms with Crippen molar-refractivity contribution in [1.82, 2.24) is 20.3 Å². The molecule has 0 spiro atoms. The summed E-state index contributed by atoms with van der Waals surface area (Å²) in [6.45, 7) is 2.18. The van der Waals surface area contributed by atoms with Crippen molar-refractivity contribution in [3.05, 3.63) is 76.6 Å². The summed E-state index contributed by atoms with van der Waals surface area (Å²) in [4.78, 5) is 13.8. The Morgan fingerprint density at radius 1 is 1.09 bits per heavy atom. The van der Waals surface area contributed by atoms with Crippen LogP contribution in [0.1, 0.15) is 21.7 Å². The third kappa shape index (κ3) is 3.57. The molecule has 0 unspecified atom stereocenters. The second-order valence-electron chi connectivity index (χ2n) is 5.07. The largest absolute Gasteiger partial charge is 0.347 e. The van der Waals surface area contributed by atoms with Crippen molar-refractivity contribution in [2.24, 2.45) is 0 Å². The van der Waals surface area contributed by atoms with Crippen LogP contribution in [0.25, 0.3) is 5.69 Å². The molecule has 3 rings (SSSR count). The molecule has 5 nitrogen and oxygen atoms in total. The number of carbonyl (C=O) groups excluding carboxylic acids is 1. The van der Waals surface area contributed by atoms with E-state index in [9.17, 15) is 4.79 Å². The van der Waals surface area contributed by atoms with Gasteiger partial charge in [0.15, 0.2) is 5.69 Å². The Labute approximate surface area is 138 Å². The smallest absolute Gasteiger partial charge is 0.274 e. The predicted molar refractivity (Wildman–Crippen MR) is 88.7 cm³/mol. The molecule has 1 amide bonds. The van der Waals surface area contributed by atoms with Crippen molar-refractivity contribution in [2.75, 3.05) is 0 Å². The maximum atomic E-state index is 12.3. The minimum absolute atomic E-state index is 0.250. The Balaban J connectivity index is 1.72. The van der Waals surface area contributed by atoms with Crippen LogP contribution in [0.15, 0.2) is 54.6 Å². The fraction of sp³-hybridized carbons (Fsp3) is 0.118.